The lowest BCUT2D eigenvalue weighted by atomic mass is 10.1. The fourth-order valence-electron chi connectivity index (χ4n) is 2.24. The number of benzene rings is 2. The second-order valence-corrected chi connectivity index (χ2v) is 5.89. The molecule has 0 unspecified atom stereocenters. The predicted molar refractivity (Wildman–Crippen MR) is 101 cm³/mol. The van der Waals surface area contributed by atoms with Gasteiger partial charge in [0.1, 0.15) is 5.75 Å². The van der Waals surface area contributed by atoms with E-state index in [0.29, 0.717) is 22.1 Å². The Morgan fingerprint density at radius 1 is 1.08 bits per heavy atom. The van der Waals surface area contributed by atoms with E-state index in [1.165, 1.54) is 14.0 Å². The predicted octanol–water partition coefficient (Wildman–Crippen LogP) is 3.67. The minimum absolute atomic E-state index is 0.0556. The van der Waals surface area contributed by atoms with Gasteiger partial charge in [0.2, 0.25) is 11.8 Å². The van der Waals surface area contributed by atoms with E-state index in [0.717, 1.165) is 11.3 Å². The molecular weight excluding hydrogens is 342 g/mol. The molecule has 0 spiro atoms. The minimum Gasteiger partial charge on any atom is -0.495 e. The number of methoxy groups -OCH3 is 1. The van der Waals surface area contributed by atoms with Crippen LogP contribution in [0.2, 0.25) is 5.02 Å². The first-order valence-electron chi connectivity index (χ1n) is 7.64. The van der Waals surface area contributed by atoms with Crippen molar-refractivity contribution >= 4 is 40.5 Å². The van der Waals surface area contributed by atoms with Gasteiger partial charge in [0.15, 0.2) is 0 Å². The fourth-order valence-corrected chi connectivity index (χ4v) is 2.41. The number of nitrogens with one attached hydrogen (secondary N) is 3. The van der Waals surface area contributed by atoms with Crippen LogP contribution in [0.1, 0.15) is 12.5 Å². The van der Waals surface area contributed by atoms with Crippen LogP contribution in [0, 0.1) is 6.92 Å². The van der Waals surface area contributed by atoms with Crippen LogP contribution in [0.25, 0.3) is 0 Å². The Kier molecular flexibility index (Phi) is 6.25. The molecule has 0 saturated carbocycles. The van der Waals surface area contributed by atoms with E-state index in [2.05, 4.69) is 16.0 Å². The van der Waals surface area contributed by atoms with E-state index in [1.807, 2.05) is 13.0 Å². The monoisotopic (exact) mass is 361 g/mol. The summed E-state index contributed by atoms with van der Waals surface area (Å²) in [6.07, 6.45) is 0. The number of carbonyl (C=O) groups excluding carboxylic acids is 2. The van der Waals surface area contributed by atoms with Crippen molar-refractivity contribution in [2.75, 3.05) is 29.6 Å². The molecule has 2 amide bonds. The molecule has 0 aliphatic carbocycles. The van der Waals surface area contributed by atoms with Gasteiger partial charge in [-0.25, -0.2) is 0 Å². The van der Waals surface area contributed by atoms with Crippen molar-refractivity contribution in [3.05, 3.63) is 47.0 Å². The summed E-state index contributed by atoms with van der Waals surface area (Å²) in [6, 6.07) is 10.5. The van der Waals surface area contributed by atoms with Gasteiger partial charge in [-0.05, 0) is 42.8 Å². The molecule has 0 heterocycles. The third kappa shape index (κ3) is 5.39. The maximum absolute atomic E-state index is 12.2. The number of carbonyl (C=O) groups is 2. The normalized spacial score (nSPS) is 10.1. The Morgan fingerprint density at radius 3 is 2.52 bits per heavy atom. The van der Waals surface area contributed by atoms with Crippen LogP contribution in [0.15, 0.2) is 36.4 Å². The standard InChI is InChI=1S/C18H20ClN3O3/c1-11-4-6-14(21-12(2)23)9-15(11)20-10-18(24)22-16-8-13(19)5-7-17(16)25-3/h4-9,20H,10H2,1-3H3,(H,21,23)(H,22,24). The van der Waals surface area contributed by atoms with E-state index in [-0.39, 0.29) is 18.4 Å². The van der Waals surface area contributed by atoms with Crippen molar-refractivity contribution in [3.63, 3.8) is 0 Å². The summed E-state index contributed by atoms with van der Waals surface area (Å²) >= 11 is 5.95. The number of halogens is 1. The van der Waals surface area contributed by atoms with E-state index >= 15 is 0 Å². The zero-order chi connectivity index (χ0) is 18.4. The third-order valence-electron chi connectivity index (χ3n) is 3.43. The molecule has 0 saturated heterocycles. The third-order valence-corrected chi connectivity index (χ3v) is 3.67. The van der Waals surface area contributed by atoms with E-state index in [4.69, 9.17) is 16.3 Å². The number of aryl methyl sites for hydroxylation is 1. The lowest BCUT2D eigenvalue weighted by Gasteiger charge is -2.13. The molecule has 0 atom stereocenters. The lowest BCUT2D eigenvalue weighted by Crippen LogP contribution is -2.22. The molecule has 7 heteroatoms. The summed E-state index contributed by atoms with van der Waals surface area (Å²) in [5, 5.41) is 9.03. The highest BCUT2D eigenvalue weighted by Gasteiger charge is 2.09. The van der Waals surface area contributed by atoms with Gasteiger partial charge in [-0.15, -0.1) is 0 Å². The quantitative estimate of drug-likeness (QED) is 0.733. The summed E-state index contributed by atoms with van der Waals surface area (Å²) in [5.74, 6) is 0.132. The maximum atomic E-state index is 12.2. The zero-order valence-corrected chi connectivity index (χ0v) is 15.0. The highest BCUT2D eigenvalue weighted by atomic mass is 35.5. The average molecular weight is 362 g/mol. The van der Waals surface area contributed by atoms with Gasteiger partial charge in [-0.3, -0.25) is 9.59 Å². The van der Waals surface area contributed by atoms with Crippen molar-refractivity contribution in [1.29, 1.82) is 0 Å². The molecule has 0 aliphatic rings. The van der Waals surface area contributed by atoms with E-state index < -0.39 is 0 Å². The van der Waals surface area contributed by atoms with Crippen molar-refractivity contribution in [3.8, 4) is 5.75 Å². The van der Waals surface area contributed by atoms with Gasteiger partial charge in [-0.1, -0.05) is 17.7 Å². The minimum atomic E-state index is -0.245. The zero-order valence-electron chi connectivity index (χ0n) is 14.3. The highest BCUT2D eigenvalue weighted by Crippen LogP contribution is 2.27. The molecule has 6 nitrogen and oxygen atoms in total. The SMILES string of the molecule is COc1ccc(Cl)cc1NC(=O)CNc1cc(NC(C)=O)ccc1C. The first-order chi connectivity index (χ1) is 11.9. The van der Waals surface area contributed by atoms with Gasteiger partial charge in [-0.2, -0.15) is 0 Å². The van der Waals surface area contributed by atoms with Crippen LogP contribution < -0.4 is 20.7 Å². The highest BCUT2D eigenvalue weighted by molar-refractivity contribution is 6.31. The maximum Gasteiger partial charge on any atom is 0.243 e. The van der Waals surface area contributed by atoms with Crippen molar-refractivity contribution in [2.24, 2.45) is 0 Å². The molecular formula is C18H20ClN3O3. The molecule has 2 aromatic carbocycles. The number of ether oxygens (including phenoxy) is 1. The second kappa shape index (κ2) is 8.39. The summed E-state index contributed by atoms with van der Waals surface area (Å²) in [6.45, 7) is 3.41. The Morgan fingerprint density at radius 2 is 1.84 bits per heavy atom. The molecule has 2 aromatic rings. The fraction of sp³-hybridized carbons (Fsp3) is 0.222. The number of hydrogen-bond acceptors (Lipinski definition) is 4. The Bertz CT molecular complexity index is 793. The number of anilines is 3. The van der Waals surface area contributed by atoms with Gasteiger partial charge in [0, 0.05) is 23.3 Å². The summed E-state index contributed by atoms with van der Waals surface area (Å²) < 4.78 is 5.20. The summed E-state index contributed by atoms with van der Waals surface area (Å²) in [5.41, 5.74) is 2.89. The van der Waals surface area contributed by atoms with Crippen molar-refractivity contribution < 1.29 is 14.3 Å². The average Bonchev–Trinajstić information content (AvgIpc) is 2.55. The van der Waals surface area contributed by atoms with Gasteiger partial charge in [0.25, 0.3) is 0 Å². The molecule has 0 radical (unpaired) electrons. The number of hydrogen-bond donors (Lipinski definition) is 3. The Labute approximate surface area is 151 Å². The Hall–Kier alpha value is -2.73. The lowest BCUT2D eigenvalue weighted by molar-refractivity contribution is -0.115. The molecule has 0 aliphatic heterocycles. The molecule has 0 bridgehead atoms. The Balaban J connectivity index is 2.03. The number of amides is 2. The largest absolute Gasteiger partial charge is 0.495 e. The second-order valence-electron chi connectivity index (χ2n) is 5.46. The van der Waals surface area contributed by atoms with Crippen molar-refractivity contribution in [1.82, 2.24) is 0 Å². The van der Waals surface area contributed by atoms with Crippen LogP contribution in [0.5, 0.6) is 5.75 Å². The van der Waals surface area contributed by atoms with E-state index in [9.17, 15) is 9.59 Å². The summed E-state index contributed by atoms with van der Waals surface area (Å²) in [7, 11) is 1.52. The first kappa shape index (κ1) is 18.6. The number of rotatable bonds is 6. The molecule has 0 fully saturated rings. The molecule has 25 heavy (non-hydrogen) atoms. The van der Waals surface area contributed by atoms with E-state index in [1.54, 1.807) is 30.3 Å². The van der Waals surface area contributed by atoms with Crippen LogP contribution in [-0.2, 0) is 9.59 Å². The van der Waals surface area contributed by atoms with Crippen LogP contribution in [0.4, 0.5) is 17.1 Å². The first-order valence-corrected chi connectivity index (χ1v) is 8.02. The summed E-state index contributed by atoms with van der Waals surface area (Å²) in [4.78, 5) is 23.3. The molecule has 132 valence electrons. The van der Waals surface area contributed by atoms with Gasteiger partial charge in [0.05, 0.1) is 19.3 Å². The van der Waals surface area contributed by atoms with Crippen LogP contribution in [0.3, 0.4) is 0 Å². The molecule has 0 aromatic heterocycles. The van der Waals surface area contributed by atoms with Crippen LogP contribution >= 0.6 is 11.6 Å². The topological polar surface area (TPSA) is 79.5 Å². The van der Waals surface area contributed by atoms with Gasteiger partial charge >= 0.3 is 0 Å². The molecule has 2 rings (SSSR count). The van der Waals surface area contributed by atoms with Gasteiger partial charge < -0.3 is 20.7 Å². The molecule has 3 N–H and O–H groups in total. The van der Waals surface area contributed by atoms with Crippen LogP contribution in [-0.4, -0.2) is 25.5 Å². The van der Waals surface area contributed by atoms with Crippen molar-refractivity contribution in [2.45, 2.75) is 13.8 Å². The smallest absolute Gasteiger partial charge is 0.243 e.